The van der Waals surface area contributed by atoms with Gasteiger partial charge in [0.2, 0.25) is 0 Å². The number of methoxy groups -OCH3 is 2. The normalized spacial score (nSPS) is 21.1. The van der Waals surface area contributed by atoms with Crippen molar-refractivity contribution in [3.05, 3.63) is 93.0 Å². The molecule has 3 aromatic carbocycles. The van der Waals surface area contributed by atoms with Crippen molar-refractivity contribution >= 4 is 11.4 Å². The molecule has 3 aromatic rings. The molecule has 0 bridgehead atoms. The van der Waals surface area contributed by atoms with E-state index >= 15 is 0 Å². The third-order valence-electron chi connectivity index (χ3n) is 6.36. The Bertz CT molecular complexity index is 1140. The Morgan fingerprint density at radius 1 is 0.967 bits per heavy atom. The molecule has 0 unspecified atom stereocenters. The number of nitrogens with zero attached hydrogens (tertiary/aromatic N) is 1. The fourth-order valence-corrected chi connectivity index (χ4v) is 5.13. The van der Waals surface area contributed by atoms with E-state index in [1.807, 2.05) is 24.3 Å². The highest BCUT2D eigenvalue weighted by molar-refractivity contribution is 5.66. The third-order valence-corrected chi connectivity index (χ3v) is 6.36. The van der Waals surface area contributed by atoms with Gasteiger partial charge in [-0.15, -0.1) is 0 Å². The molecule has 0 radical (unpaired) electrons. The van der Waals surface area contributed by atoms with Gasteiger partial charge in [0.25, 0.3) is 5.69 Å². The first kappa shape index (κ1) is 18.5. The zero-order valence-electron chi connectivity index (χ0n) is 16.8. The van der Waals surface area contributed by atoms with Crippen molar-refractivity contribution in [1.82, 2.24) is 0 Å². The number of benzene rings is 3. The number of anilines is 1. The average Bonchev–Trinajstić information content (AvgIpc) is 3.17. The molecule has 0 aromatic heterocycles. The van der Waals surface area contributed by atoms with Crippen LogP contribution in [0.4, 0.5) is 11.4 Å². The monoisotopic (exact) mass is 402 g/mol. The number of nitro benzene ring substituents is 1. The summed E-state index contributed by atoms with van der Waals surface area (Å²) in [7, 11) is 3.29. The Labute approximate surface area is 174 Å². The minimum absolute atomic E-state index is 0.0126. The van der Waals surface area contributed by atoms with Crippen molar-refractivity contribution < 1.29 is 14.4 Å². The third kappa shape index (κ3) is 2.71. The Kier molecular flexibility index (Phi) is 4.35. The maximum atomic E-state index is 11.4. The molecule has 1 heterocycles. The largest absolute Gasteiger partial charge is 0.493 e. The number of nitrogens with one attached hydrogen (secondary N) is 1. The first-order chi connectivity index (χ1) is 14.6. The Balaban J connectivity index is 1.70. The van der Waals surface area contributed by atoms with E-state index in [1.54, 1.807) is 26.4 Å². The molecule has 152 valence electrons. The second kappa shape index (κ2) is 7.06. The summed E-state index contributed by atoms with van der Waals surface area (Å²) in [5.74, 6) is 1.70. The number of fused-ring (bicyclic) bond motifs is 5. The van der Waals surface area contributed by atoms with Gasteiger partial charge in [-0.1, -0.05) is 36.4 Å². The molecule has 0 saturated heterocycles. The summed E-state index contributed by atoms with van der Waals surface area (Å²) in [5.41, 5.74) is 5.60. The molecule has 1 aliphatic carbocycles. The van der Waals surface area contributed by atoms with Gasteiger partial charge in [-0.25, -0.2) is 0 Å². The van der Waals surface area contributed by atoms with E-state index < -0.39 is 0 Å². The van der Waals surface area contributed by atoms with Crippen molar-refractivity contribution in [2.75, 3.05) is 19.5 Å². The van der Waals surface area contributed by atoms with Gasteiger partial charge in [-0.2, -0.15) is 0 Å². The predicted molar refractivity (Wildman–Crippen MR) is 114 cm³/mol. The summed E-state index contributed by atoms with van der Waals surface area (Å²) < 4.78 is 11.3. The topological polar surface area (TPSA) is 73.6 Å². The van der Waals surface area contributed by atoms with Crippen LogP contribution in [0.2, 0.25) is 0 Å². The predicted octanol–water partition coefficient (Wildman–Crippen LogP) is 5.08. The highest BCUT2D eigenvalue weighted by Crippen LogP contribution is 2.55. The zero-order valence-corrected chi connectivity index (χ0v) is 16.8. The van der Waals surface area contributed by atoms with Gasteiger partial charge in [0.05, 0.1) is 25.2 Å². The number of nitro groups is 1. The summed E-state index contributed by atoms with van der Waals surface area (Å²) in [5, 5.41) is 15.1. The van der Waals surface area contributed by atoms with Gasteiger partial charge in [0, 0.05) is 29.3 Å². The molecular weight excluding hydrogens is 380 g/mol. The highest BCUT2D eigenvalue weighted by Gasteiger charge is 2.44. The van der Waals surface area contributed by atoms with Crippen LogP contribution in [0.15, 0.2) is 60.7 Å². The minimum atomic E-state index is -0.326. The van der Waals surface area contributed by atoms with E-state index in [4.69, 9.17) is 9.47 Å². The van der Waals surface area contributed by atoms with E-state index in [9.17, 15) is 10.1 Å². The van der Waals surface area contributed by atoms with E-state index in [2.05, 4.69) is 29.6 Å². The standard InChI is InChI=1S/C24H22N2O4/c1-29-21-9-5-8-17(24(21)30-2)23-19-12-14-6-3-4-7-16(14)22(19)18-13-15(26(27)28)10-11-20(18)25-23/h3-11,13,19,22-23,25H,12H2,1-2H3/t19-,22-,23-/m1/s1. The number of ether oxygens (including phenoxy) is 2. The van der Waals surface area contributed by atoms with E-state index in [1.165, 1.54) is 11.1 Å². The molecule has 0 saturated carbocycles. The first-order valence-corrected chi connectivity index (χ1v) is 9.96. The van der Waals surface area contributed by atoms with Gasteiger partial charge in [0.1, 0.15) is 0 Å². The molecule has 3 atom stereocenters. The fourth-order valence-electron chi connectivity index (χ4n) is 5.13. The van der Waals surface area contributed by atoms with Crippen molar-refractivity contribution in [3.63, 3.8) is 0 Å². The summed E-state index contributed by atoms with van der Waals surface area (Å²) in [6, 6.07) is 19.4. The van der Waals surface area contributed by atoms with Gasteiger partial charge in [-0.05, 0) is 41.2 Å². The molecule has 0 amide bonds. The molecule has 30 heavy (non-hydrogen) atoms. The van der Waals surface area contributed by atoms with Crippen LogP contribution >= 0.6 is 0 Å². The SMILES string of the molecule is COc1cccc([C@H]2Nc3ccc([N+](=O)[O-])cc3[C@H]3c4ccccc4C[C@H]32)c1OC. The lowest BCUT2D eigenvalue weighted by molar-refractivity contribution is -0.384. The number of non-ortho nitro benzene ring substituents is 1. The fraction of sp³-hybridized carbons (Fsp3) is 0.250. The number of hydrogen-bond acceptors (Lipinski definition) is 5. The molecule has 6 heteroatoms. The number of hydrogen-bond donors (Lipinski definition) is 1. The summed E-state index contributed by atoms with van der Waals surface area (Å²) >= 11 is 0. The number of rotatable bonds is 4. The van der Waals surface area contributed by atoms with Crippen LogP contribution in [0.5, 0.6) is 11.5 Å². The van der Waals surface area contributed by atoms with Gasteiger partial charge >= 0.3 is 0 Å². The van der Waals surface area contributed by atoms with E-state index in [0.717, 1.165) is 29.0 Å². The Morgan fingerprint density at radius 2 is 1.77 bits per heavy atom. The van der Waals surface area contributed by atoms with Crippen LogP contribution < -0.4 is 14.8 Å². The molecule has 6 nitrogen and oxygen atoms in total. The molecule has 5 rings (SSSR count). The Hall–Kier alpha value is -3.54. The van der Waals surface area contributed by atoms with Gasteiger partial charge in [-0.3, -0.25) is 10.1 Å². The number of para-hydroxylation sites is 1. The first-order valence-electron chi connectivity index (χ1n) is 9.96. The Morgan fingerprint density at radius 3 is 2.53 bits per heavy atom. The van der Waals surface area contributed by atoms with Crippen molar-refractivity contribution in [2.24, 2.45) is 5.92 Å². The van der Waals surface area contributed by atoms with Gasteiger partial charge in [0.15, 0.2) is 11.5 Å². The van der Waals surface area contributed by atoms with Crippen molar-refractivity contribution in [3.8, 4) is 11.5 Å². The van der Waals surface area contributed by atoms with Crippen LogP contribution in [0.25, 0.3) is 0 Å². The molecule has 1 N–H and O–H groups in total. The molecule has 0 fully saturated rings. The van der Waals surface area contributed by atoms with E-state index in [-0.39, 0.29) is 28.5 Å². The molecular formula is C24H22N2O4. The maximum Gasteiger partial charge on any atom is 0.269 e. The summed E-state index contributed by atoms with van der Waals surface area (Å²) in [6.45, 7) is 0. The summed E-state index contributed by atoms with van der Waals surface area (Å²) in [6.07, 6.45) is 0.890. The van der Waals surface area contributed by atoms with Crippen LogP contribution in [0.3, 0.4) is 0 Å². The zero-order chi connectivity index (χ0) is 20.8. The van der Waals surface area contributed by atoms with E-state index in [0.29, 0.717) is 5.75 Å². The average molecular weight is 402 g/mol. The van der Waals surface area contributed by atoms with Crippen LogP contribution in [0, 0.1) is 16.0 Å². The van der Waals surface area contributed by atoms with Gasteiger partial charge < -0.3 is 14.8 Å². The minimum Gasteiger partial charge on any atom is -0.493 e. The van der Waals surface area contributed by atoms with Crippen molar-refractivity contribution in [1.29, 1.82) is 0 Å². The molecule has 1 aliphatic heterocycles. The maximum absolute atomic E-state index is 11.4. The molecule has 0 spiro atoms. The lowest BCUT2D eigenvalue weighted by Gasteiger charge is -2.38. The van der Waals surface area contributed by atoms with Crippen LogP contribution in [-0.2, 0) is 6.42 Å². The highest BCUT2D eigenvalue weighted by atomic mass is 16.6. The van der Waals surface area contributed by atoms with Crippen LogP contribution in [-0.4, -0.2) is 19.1 Å². The quantitative estimate of drug-likeness (QED) is 0.486. The second-order valence-corrected chi connectivity index (χ2v) is 7.78. The lowest BCUT2D eigenvalue weighted by Crippen LogP contribution is -2.30. The second-order valence-electron chi connectivity index (χ2n) is 7.78. The van der Waals surface area contributed by atoms with Crippen molar-refractivity contribution in [2.45, 2.75) is 18.4 Å². The van der Waals surface area contributed by atoms with Crippen LogP contribution in [0.1, 0.15) is 34.2 Å². The summed E-state index contributed by atoms with van der Waals surface area (Å²) in [4.78, 5) is 11.1. The lowest BCUT2D eigenvalue weighted by atomic mass is 9.75. The smallest absolute Gasteiger partial charge is 0.269 e. The molecule has 2 aliphatic rings.